The maximum Gasteiger partial charge on any atom is 0.270 e. The molecule has 190 valence electrons. The first-order valence-corrected chi connectivity index (χ1v) is 13.1. The topological polar surface area (TPSA) is 121 Å². The highest BCUT2D eigenvalue weighted by atomic mass is 32.1. The minimum absolute atomic E-state index is 0.0434. The van der Waals surface area contributed by atoms with Gasteiger partial charge in [0.25, 0.3) is 11.6 Å². The molecule has 2 aliphatic rings. The van der Waals surface area contributed by atoms with Crippen LogP contribution in [-0.4, -0.2) is 42.2 Å². The summed E-state index contributed by atoms with van der Waals surface area (Å²) in [6.07, 6.45) is 2.78. The van der Waals surface area contributed by atoms with Gasteiger partial charge in [0.1, 0.15) is 11.1 Å². The second-order valence-corrected chi connectivity index (χ2v) is 11.6. The summed E-state index contributed by atoms with van der Waals surface area (Å²) in [7, 11) is 0. The van der Waals surface area contributed by atoms with E-state index in [0.717, 1.165) is 24.8 Å². The van der Waals surface area contributed by atoms with Crippen LogP contribution >= 0.6 is 23.6 Å². The lowest BCUT2D eigenvalue weighted by Gasteiger charge is -2.33. The third-order valence-corrected chi connectivity index (χ3v) is 8.22. The number of nitrogens with one attached hydrogen (secondary N) is 2. The number of thiocarbonyl (C=S) groups is 1. The second kappa shape index (κ2) is 10.5. The van der Waals surface area contributed by atoms with Gasteiger partial charge in [-0.3, -0.25) is 20.2 Å². The SMILES string of the molecule is CC(C)(C)[C@H]1CCc2c(sc(NC(=S)NC(=O)c3cc([N+](=O)[O-])ccc3N3CCOCC3)c2C#N)C1. The smallest absolute Gasteiger partial charge is 0.270 e. The number of hydrogen-bond donors (Lipinski definition) is 2. The van der Waals surface area contributed by atoms with Gasteiger partial charge in [-0.15, -0.1) is 11.3 Å². The monoisotopic (exact) mass is 527 g/mol. The molecule has 1 amide bonds. The number of carbonyl (C=O) groups is 1. The zero-order valence-electron chi connectivity index (χ0n) is 20.6. The number of fused-ring (bicyclic) bond motifs is 1. The number of ether oxygens (including phenoxy) is 1. The van der Waals surface area contributed by atoms with Gasteiger partial charge in [0.15, 0.2) is 5.11 Å². The molecule has 1 aliphatic carbocycles. The molecule has 36 heavy (non-hydrogen) atoms. The Kier molecular flexibility index (Phi) is 7.59. The summed E-state index contributed by atoms with van der Waals surface area (Å²) in [4.78, 5) is 27.2. The lowest BCUT2D eigenvalue weighted by molar-refractivity contribution is -0.384. The number of nitrogens with zero attached hydrogens (tertiary/aromatic N) is 3. The summed E-state index contributed by atoms with van der Waals surface area (Å²) in [6, 6.07) is 6.54. The Labute approximate surface area is 219 Å². The summed E-state index contributed by atoms with van der Waals surface area (Å²) in [5, 5.41) is 27.5. The predicted molar refractivity (Wildman–Crippen MR) is 144 cm³/mol. The summed E-state index contributed by atoms with van der Waals surface area (Å²) < 4.78 is 5.39. The molecule has 2 N–H and O–H groups in total. The van der Waals surface area contributed by atoms with Crippen LogP contribution in [0.4, 0.5) is 16.4 Å². The van der Waals surface area contributed by atoms with E-state index in [1.54, 1.807) is 6.07 Å². The molecule has 9 nitrogen and oxygen atoms in total. The van der Waals surface area contributed by atoms with Crippen molar-refractivity contribution in [2.45, 2.75) is 40.0 Å². The molecule has 4 rings (SSSR count). The van der Waals surface area contributed by atoms with E-state index in [-0.39, 0.29) is 21.8 Å². The minimum Gasteiger partial charge on any atom is -0.378 e. The number of rotatable bonds is 4. The molecule has 1 atom stereocenters. The number of morpholine rings is 1. The fraction of sp³-hybridized carbons (Fsp3) is 0.480. The number of nitro benzene ring substituents is 1. The molecule has 0 saturated carbocycles. The molecule has 0 unspecified atom stereocenters. The first-order valence-electron chi connectivity index (χ1n) is 11.9. The molecule has 1 aromatic carbocycles. The standard InChI is InChI=1S/C25H29N5O4S2/c1-25(2,3)15-4-6-17-19(14-26)23(36-21(17)12-15)28-24(35)27-22(31)18-13-16(30(32)33)5-7-20(18)29-8-10-34-11-9-29/h5,7,13,15H,4,6,8-12H2,1-3H3,(H2,27,28,31,35)/t15-/m0/s1. The van der Waals surface area contributed by atoms with E-state index in [0.29, 0.717) is 48.5 Å². The highest BCUT2D eigenvalue weighted by Gasteiger charge is 2.32. The zero-order valence-corrected chi connectivity index (χ0v) is 22.2. The van der Waals surface area contributed by atoms with Gasteiger partial charge < -0.3 is 15.0 Å². The van der Waals surface area contributed by atoms with Gasteiger partial charge >= 0.3 is 0 Å². The van der Waals surface area contributed by atoms with E-state index in [9.17, 15) is 20.2 Å². The lowest BCUT2D eigenvalue weighted by atomic mass is 9.72. The second-order valence-electron chi connectivity index (χ2n) is 10.1. The molecule has 0 spiro atoms. The van der Waals surface area contributed by atoms with Gasteiger partial charge in [0.05, 0.1) is 35.0 Å². The van der Waals surface area contributed by atoms with Gasteiger partial charge in [0.2, 0.25) is 0 Å². The number of thiophene rings is 1. The minimum atomic E-state index is -0.551. The van der Waals surface area contributed by atoms with E-state index in [1.807, 2.05) is 4.90 Å². The predicted octanol–water partition coefficient (Wildman–Crippen LogP) is 4.64. The summed E-state index contributed by atoms with van der Waals surface area (Å²) >= 11 is 6.92. The first-order chi connectivity index (χ1) is 17.1. The van der Waals surface area contributed by atoms with Crippen LogP contribution in [0.1, 0.15) is 53.6 Å². The van der Waals surface area contributed by atoms with Crippen molar-refractivity contribution in [2.24, 2.45) is 11.3 Å². The van der Waals surface area contributed by atoms with E-state index in [4.69, 9.17) is 17.0 Å². The number of nitro groups is 1. The van der Waals surface area contributed by atoms with Crippen molar-refractivity contribution in [1.82, 2.24) is 5.32 Å². The lowest BCUT2D eigenvalue weighted by Crippen LogP contribution is -2.39. The normalized spacial score (nSPS) is 17.6. The summed E-state index contributed by atoms with van der Waals surface area (Å²) in [5.74, 6) is -0.0208. The Hall–Kier alpha value is -3.07. The van der Waals surface area contributed by atoms with Crippen LogP contribution in [0.5, 0.6) is 0 Å². The van der Waals surface area contributed by atoms with Gasteiger partial charge in [-0.1, -0.05) is 20.8 Å². The Morgan fingerprint density at radius 2 is 2.06 bits per heavy atom. The van der Waals surface area contributed by atoms with Gasteiger partial charge in [-0.2, -0.15) is 5.26 Å². The van der Waals surface area contributed by atoms with E-state index in [1.165, 1.54) is 28.3 Å². The van der Waals surface area contributed by atoms with Crippen LogP contribution in [-0.2, 0) is 17.6 Å². The maximum atomic E-state index is 13.2. The average molecular weight is 528 g/mol. The molecular weight excluding hydrogens is 498 g/mol. The number of nitriles is 1. The number of amides is 1. The number of non-ortho nitro benzene ring substituents is 1. The molecule has 11 heteroatoms. The molecule has 2 heterocycles. The molecule has 1 fully saturated rings. The highest BCUT2D eigenvalue weighted by Crippen LogP contribution is 2.44. The maximum absolute atomic E-state index is 13.2. The Morgan fingerprint density at radius 3 is 2.69 bits per heavy atom. The van der Waals surface area contributed by atoms with E-state index >= 15 is 0 Å². The third-order valence-electron chi connectivity index (χ3n) is 6.84. The largest absolute Gasteiger partial charge is 0.378 e. The Bertz CT molecular complexity index is 1240. The molecule has 0 radical (unpaired) electrons. The molecule has 2 aromatic rings. The van der Waals surface area contributed by atoms with Gasteiger partial charge in [0, 0.05) is 30.1 Å². The van der Waals surface area contributed by atoms with Gasteiger partial charge in [-0.25, -0.2) is 0 Å². The summed E-state index contributed by atoms with van der Waals surface area (Å²) in [5.41, 5.74) is 2.39. The van der Waals surface area contributed by atoms with Crippen molar-refractivity contribution < 1.29 is 14.5 Å². The first kappa shape index (κ1) is 26.0. The van der Waals surface area contributed by atoms with Gasteiger partial charge in [-0.05, 0) is 54.4 Å². The van der Waals surface area contributed by atoms with Crippen LogP contribution < -0.4 is 15.5 Å². The molecular formula is C25H29N5O4S2. The van der Waals surface area contributed by atoms with Crippen LogP contribution in [0.25, 0.3) is 0 Å². The molecule has 1 aromatic heterocycles. The van der Waals surface area contributed by atoms with Crippen LogP contribution in [0.15, 0.2) is 18.2 Å². The number of carbonyl (C=O) groups excluding carboxylic acids is 1. The van der Waals surface area contributed by atoms with Crippen molar-refractivity contribution in [3.8, 4) is 6.07 Å². The van der Waals surface area contributed by atoms with E-state index < -0.39 is 10.8 Å². The molecule has 1 saturated heterocycles. The third kappa shape index (κ3) is 5.51. The highest BCUT2D eigenvalue weighted by molar-refractivity contribution is 7.80. The zero-order chi connectivity index (χ0) is 26.0. The Morgan fingerprint density at radius 1 is 1.33 bits per heavy atom. The van der Waals surface area contributed by atoms with Crippen LogP contribution in [0.3, 0.4) is 0 Å². The quantitative estimate of drug-likeness (QED) is 0.335. The number of anilines is 2. The number of benzene rings is 1. The van der Waals surface area contributed by atoms with E-state index in [2.05, 4.69) is 37.5 Å². The van der Waals surface area contributed by atoms with Crippen LogP contribution in [0, 0.1) is 32.8 Å². The Balaban J connectivity index is 1.53. The molecule has 1 aliphatic heterocycles. The van der Waals surface area contributed by atoms with Crippen molar-refractivity contribution >= 4 is 51.0 Å². The average Bonchev–Trinajstić information content (AvgIpc) is 3.19. The van der Waals surface area contributed by atoms with Crippen LogP contribution in [0.2, 0.25) is 0 Å². The number of hydrogen-bond acceptors (Lipinski definition) is 8. The van der Waals surface area contributed by atoms with Crippen molar-refractivity contribution in [3.05, 3.63) is 49.9 Å². The van der Waals surface area contributed by atoms with Crippen molar-refractivity contribution in [2.75, 3.05) is 36.5 Å². The fourth-order valence-corrected chi connectivity index (χ4v) is 6.28. The van der Waals surface area contributed by atoms with Crippen molar-refractivity contribution in [3.63, 3.8) is 0 Å². The van der Waals surface area contributed by atoms with Crippen molar-refractivity contribution in [1.29, 1.82) is 5.26 Å². The molecule has 0 bridgehead atoms. The summed E-state index contributed by atoms with van der Waals surface area (Å²) in [6.45, 7) is 8.88. The fourth-order valence-electron chi connectivity index (χ4n) is 4.74.